The highest BCUT2D eigenvalue weighted by atomic mass is 16.4. The molecule has 0 saturated heterocycles. The zero-order valence-electron chi connectivity index (χ0n) is 20.1. The maximum atomic E-state index is 12.8. The Balaban J connectivity index is 5.37. The Labute approximate surface area is 202 Å². The summed E-state index contributed by atoms with van der Waals surface area (Å²) >= 11 is 0. The Kier molecular flexibility index (Phi) is 13.9. The number of aliphatic imine (C=N–C) groups is 1. The van der Waals surface area contributed by atoms with Crippen molar-refractivity contribution >= 4 is 35.6 Å². The third kappa shape index (κ3) is 12.5. The highest BCUT2D eigenvalue weighted by Crippen LogP contribution is 2.06. The molecule has 5 unspecified atom stereocenters. The zero-order valence-corrected chi connectivity index (χ0v) is 20.1. The number of carbonyl (C=O) groups is 5. The van der Waals surface area contributed by atoms with Crippen molar-refractivity contribution < 1.29 is 39.3 Å². The SMILES string of the molecule is CC(C)C(NC(=O)C(CCC(=O)O)NC(=O)C(NC(=O)C(N)CCCN=C(N)N)C(C)O)C(=O)O. The van der Waals surface area contributed by atoms with E-state index in [4.69, 9.17) is 22.3 Å². The summed E-state index contributed by atoms with van der Waals surface area (Å²) in [7, 11) is 0. The molecule has 0 aliphatic carbocycles. The van der Waals surface area contributed by atoms with Gasteiger partial charge in [0.2, 0.25) is 17.7 Å². The van der Waals surface area contributed by atoms with Crippen LogP contribution >= 0.6 is 0 Å². The van der Waals surface area contributed by atoms with Gasteiger partial charge in [-0.25, -0.2) is 4.79 Å². The van der Waals surface area contributed by atoms with E-state index in [1.165, 1.54) is 6.92 Å². The zero-order chi connectivity index (χ0) is 27.3. The number of nitrogens with zero attached hydrogens (tertiary/aromatic N) is 1. The Morgan fingerprint density at radius 3 is 1.89 bits per heavy atom. The van der Waals surface area contributed by atoms with E-state index in [1.807, 2.05) is 0 Å². The fraction of sp³-hybridized carbons (Fsp3) is 0.700. The molecule has 0 bridgehead atoms. The molecule has 0 spiro atoms. The van der Waals surface area contributed by atoms with E-state index in [-0.39, 0.29) is 25.3 Å². The van der Waals surface area contributed by atoms with E-state index in [9.17, 15) is 34.2 Å². The minimum absolute atomic E-state index is 0.113. The van der Waals surface area contributed by atoms with Crippen LogP contribution in [0, 0.1) is 5.92 Å². The first-order valence-corrected chi connectivity index (χ1v) is 11.0. The number of carboxylic acid groups (broad SMARTS) is 2. The molecule has 0 aromatic carbocycles. The second kappa shape index (κ2) is 15.4. The van der Waals surface area contributed by atoms with Gasteiger partial charge in [0.1, 0.15) is 18.1 Å². The van der Waals surface area contributed by atoms with E-state index in [0.717, 1.165) is 0 Å². The smallest absolute Gasteiger partial charge is 0.326 e. The maximum absolute atomic E-state index is 12.8. The predicted molar refractivity (Wildman–Crippen MR) is 125 cm³/mol. The van der Waals surface area contributed by atoms with Crippen molar-refractivity contribution in [3.63, 3.8) is 0 Å². The van der Waals surface area contributed by atoms with Gasteiger partial charge in [0.15, 0.2) is 5.96 Å². The fourth-order valence-corrected chi connectivity index (χ4v) is 2.88. The summed E-state index contributed by atoms with van der Waals surface area (Å²) in [6, 6.07) is -5.29. The third-order valence-electron chi connectivity index (χ3n) is 4.88. The molecule has 35 heavy (non-hydrogen) atoms. The average Bonchev–Trinajstić information content (AvgIpc) is 2.74. The molecule has 0 saturated carbocycles. The largest absolute Gasteiger partial charge is 0.481 e. The number of guanidine groups is 1. The lowest BCUT2D eigenvalue weighted by molar-refractivity contribution is -0.144. The van der Waals surface area contributed by atoms with Crippen LogP contribution in [0.25, 0.3) is 0 Å². The van der Waals surface area contributed by atoms with E-state index in [0.29, 0.717) is 6.42 Å². The van der Waals surface area contributed by atoms with Crippen molar-refractivity contribution in [3.8, 4) is 0 Å². The average molecular weight is 504 g/mol. The number of nitrogens with two attached hydrogens (primary N) is 3. The van der Waals surface area contributed by atoms with Crippen LogP contribution in [0.3, 0.4) is 0 Å². The standard InChI is InChI=1S/C20H37N7O8/c1-9(2)14(19(34)35)26-17(32)12(6-7-13(29)30)25-18(33)15(10(3)28)27-16(31)11(21)5-4-8-24-20(22)23/h9-12,14-15,28H,4-8,21H2,1-3H3,(H,25,33)(H,26,32)(H,27,31)(H,29,30)(H,34,35)(H4,22,23,24). The highest BCUT2D eigenvalue weighted by molar-refractivity contribution is 5.94. The molecular formula is C20H37N7O8. The molecular weight excluding hydrogens is 466 g/mol. The predicted octanol–water partition coefficient (Wildman–Crippen LogP) is -3.19. The van der Waals surface area contributed by atoms with Crippen LogP contribution in [-0.2, 0) is 24.0 Å². The second-order valence-corrected chi connectivity index (χ2v) is 8.34. The summed E-state index contributed by atoms with van der Waals surface area (Å²) in [5, 5.41) is 35.1. The van der Waals surface area contributed by atoms with Gasteiger partial charge in [-0.05, 0) is 32.1 Å². The lowest BCUT2D eigenvalue weighted by Gasteiger charge is -2.27. The summed E-state index contributed by atoms with van der Waals surface area (Å²) in [6.45, 7) is 4.57. The first kappa shape index (κ1) is 31.5. The molecule has 0 fully saturated rings. The van der Waals surface area contributed by atoms with E-state index in [2.05, 4.69) is 20.9 Å². The van der Waals surface area contributed by atoms with Gasteiger partial charge in [-0.1, -0.05) is 13.8 Å². The van der Waals surface area contributed by atoms with E-state index >= 15 is 0 Å². The molecule has 0 heterocycles. The Hall–Kier alpha value is -3.46. The van der Waals surface area contributed by atoms with Gasteiger partial charge in [-0.3, -0.25) is 24.2 Å². The van der Waals surface area contributed by atoms with Gasteiger partial charge in [-0.15, -0.1) is 0 Å². The molecule has 0 aromatic rings. The molecule has 5 atom stereocenters. The monoisotopic (exact) mass is 503 g/mol. The Morgan fingerprint density at radius 2 is 1.43 bits per heavy atom. The van der Waals surface area contributed by atoms with E-state index < -0.39 is 72.3 Å². The number of aliphatic carboxylic acids is 2. The van der Waals surface area contributed by atoms with Gasteiger partial charge < -0.3 is 48.5 Å². The molecule has 0 aliphatic rings. The molecule has 12 N–H and O–H groups in total. The number of carboxylic acids is 2. The number of amides is 3. The first-order valence-electron chi connectivity index (χ1n) is 11.0. The van der Waals surface area contributed by atoms with Crippen LogP contribution < -0.4 is 33.2 Å². The number of nitrogens with one attached hydrogen (secondary N) is 3. The normalized spacial score (nSPS) is 15.1. The highest BCUT2D eigenvalue weighted by Gasteiger charge is 2.33. The summed E-state index contributed by atoms with van der Waals surface area (Å²) in [5.41, 5.74) is 16.2. The molecule has 0 radical (unpaired) electrons. The van der Waals surface area contributed by atoms with Crippen molar-refractivity contribution in [2.75, 3.05) is 6.54 Å². The van der Waals surface area contributed by atoms with Gasteiger partial charge in [-0.2, -0.15) is 0 Å². The van der Waals surface area contributed by atoms with Gasteiger partial charge >= 0.3 is 11.9 Å². The minimum Gasteiger partial charge on any atom is -0.481 e. The number of aliphatic hydroxyl groups excluding tert-OH is 1. The van der Waals surface area contributed by atoms with Crippen LogP contribution in [0.4, 0.5) is 0 Å². The summed E-state index contributed by atoms with van der Waals surface area (Å²) < 4.78 is 0. The maximum Gasteiger partial charge on any atom is 0.326 e. The number of rotatable bonds is 16. The van der Waals surface area contributed by atoms with Gasteiger partial charge in [0.25, 0.3) is 0 Å². The topological polar surface area (TPSA) is 273 Å². The molecule has 15 heteroatoms. The lowest BCUT2D eigenvalue weighted by Crippen LogP contribution is -2.60. The molecule has 3 amide bonds. The first-order chi connectivity index (χ1) is 16.2. The number of aliphatic hydroxyl groups is 1. The van der Waals surface area contributed by atoms with Crippen LogP contribution in [0.1, 0.15) is 46.5 Å². The Bertz CT molecular complexity index is 783. The summed E-state index contributed by atoms with van der Waals surface area (Å²) in [6.07, 6.45) is -1.73. The third-order valence-corrected chi connectivity index (χ3v) is 4.88. The number of hydrogen-bond donors (Lipinski definition) is 9. The Morgan fingerprint density at radius 1 is 0.857 bits per heavy atom. The molecule has 200 valence electrons. The second-order valence-electron chi connectivity index (χ2n) is 8.34. The fourth-order valence-electron chi connectivity index (χ4n) is 2.88. The van der Waals surface area contributed by atoms with E-state index in [1.54, 1.807) is 13.8 Å². The molecule has 15 nitrogen and oxygen atoms in total. The van der Waals surface area contributed by atoms with Crippen LogP contribution in [0.15, 0.2) is 4.99 Å². The van der Waals surface area contributed by atoms with Crippen molar-refractivity contribution in [2.45, 2.75) is 76.7 Å². The molecule has 0 aliphatic heterocycles. The van der Waals surface area contributed by atoms with Crippen LogP contribution in [0.5, 0.6) is 0 Å². The van der Waals surface area contributed by atoms with Crippen molar-refractivity contribution in [3.05, 3.63) is 0 Å². The summed E-state index contributed by atoms with van der Waals surface area (Å²) in [5.74, 6) is -5.82. The molecule has 0 aromatic heterocycles. The van der Waals surface area contributed by atoms with Crippen molar-refractivity contribution in [1.82, 2.24) is 16.0 Å². The van der Waals surface area contributed by atoms with Crippen LogP contribution in [0.2, 0.25) is 0 Å². The number of carbonyl (C=O) groups excluding carboxylic acids is 3. The van der Waals surface area contributed by atoms with Crippen molar-refractivity contribution in [2.24, 2.45) is 28.1 Å². The van der Waals surface area contributed by atoms with Crippen LogP contribution in [-0.4, -0.2) is 87.8 Å². The van der Waals surface area contributed by atoms with Crippen molar-refractivity contribution in [1.29, 1.82) is 0 Å². The summed E-state index contributed by atoms with van der Waals surface area (Å²) in [4.78, 5) is 63.9. The number of hydrogen-bond acceptors (Lipinski definition) is 8. The van der Waals surface area contributed by atoms with Gasteiger partial charge in [0.05, 0.1) is 12.1 Å². The quantitative estimate of drug-likeness (QED) is 0.0574. The molecule has 0 rings (SSSR count). The minimum atomic E-state index is -1.52. The lowest BCUT2D eigenvalue weighted by atomic mass is 10.0. The van der Waals surface area contributed by atoms with Gasteiger partial charge in [0, 0.05) is 13.0 Å².